The van der Waals surface area contributed by atoms with Gasteiger partial charge in [0.05, 0.1) is 18.2 Å². The highest BCUT2D eigenvalue weighted by atomic mass is 35.5. The first-order valence-corrected chi connectivity index (χ1v) is 6.80. The van der Waals surface area contributed by atoms with E-state index in [2.05, 4.69) is 10.5 Å². The van der Waals surface area contributed by atoms with Gasteiger partial charge in [-0.1, -0.05) is 11.6 Å². The van der Waals surface area contributed by atoms with Gasteiger partial charge in [-0.05, 0) is 30.3 Å². The van der Waals surface area contributed by atoms with E-state index in [-0.39, 0.29) is 10.7 Å². The van der Waals surface area contributed by atoms with Gasteiger partial charge in [0.2, 0.25) is 0 Å². The van der Waals surface area contributed by atoms with Gasteiger partial charge in [-0.15, -0.1) is 0 Å². The summed E-state index contributed by atoms with van der Waals surface area (Å²) in [6.07, 6.45) is 1.25. The Hall–Kier alpha value is -2.93. The summed E-state index contributed by atoms with van der Waals surface area (Å²) in [4.78, 5) is 22.1. The van der Waals surface area contributed by atoms with Gasteiger partial charge in [0.25, 0.3) is 11.6 Å². The number of hydrogen-bond donors (Lipinski definition) is 1. The Balaban J connectivity index is 2.07. The number of carbonyl (C=O) groups is 1. The van der Waals surface area contributed by atoms with Crippen molar-refractivity contribution in [3.8, 4) is 5.75 Å². The maximum Gasteiger partial charge on any atom is 0.271 e. The molecule has 0 aliphatic heterocycles. The van der Waals surface area contributed by atoms with Crippen molar-refractivity contribution in [2.45, 2.75) is 0 Å². The van der Waals surface area contributed by atoms with Crippen LogP contribution in [0, 0.1) is 10.1 Å². The molecule has 0 atom stereocenters. The number of carbonyl (C=O) groups excluding carboxylic acids is 1. The van der Waals surface area contributed by atoms with E-state index >= 15 is 0 Å². The highest BCUT2D eigenvalue weighted by Crippen LogP contribution is 2.20. The molecule has 2 rings (SSSR count). The first-order valence-electron chi connectivity index (χ1n) is 6.42. The van der Waals surface area contributed by atoms with Crippen molar-refractivity contribution in [2.24, 2.45) is 5.10 Å². The van der Waals surface area contributed by atoms with Crippen LogP contribution < -0.4 is 10.2 Å². The maximum atomic E-state index is 11.9. The van der Waals surface area contributed by atoms with Gasteiger partial charge in [0.1, 0.15) is 5.75 Å². The minimum absolute atomic E-state index is 0.114. The Labute approximate surface area is 136 Å². The Bertz CT molecular complexity index is 760. The van der Waals surface area contributed by atoms with E-state index in [1.807, 2.05) is 0 Å². The monoisotopic (exact) mass is 333 g/mol. The Morgan fingerprint density at radius 3 is 2.61 bits per heavy atom. The van der Waals surface area contributed by atoms with Crippen LogP contribution in [0.25, 0.3) is 0 Å². The summed E-state index contributed by atoms with van der Waals surface area (Å²) in [5, 5.41) is 14.8. The summed E-state index contributed by atoms with van der Waals surface area (Å²) >= 11 is 5.93. The molecule has 0 heterocycles. The summed E-state index contributed by atoms with van der Waals surface area (Å²) in [6, 6.07) is 10.4. The van der Waals surface area contributed by atoms with Gasteiger partial charge >= 0.3 is 0 Å². The third-order valence-electron chi connectivity index (χ3n) is 2.91. The van der Waals surface area contributed by atoms with Crippen molar-refractivity contribution in [3.63, 3.8) is 0 Å². The van der Waals surface area contributed by atoms with Crippen molar-refractivity contribution >= 4 is 29.4 Å². The molecule has 0 aliphatic carbocycles. The summed E-state index contributed by atoms with van der Waals surface area (Å²) in [5.41, 5.74) is 2.93. The van der Waals surface area contributed by atoms with Crippen molar-refractivity contribution in [1.29, 1.82) is 0 Å². The van der Waals surface area contributed by atoms with E-state index < -0.39 is 10.8 Å². The van der Waals surface area contributed by atoms with E-state index in [1.54, 1.807) is 24.3 Å². The molecule has 0 aromatic heterocycles. The smallest absolute Gasteiger partial charge is 0.271 e. The third-order valence-corrected chi connectivity index (χ3v) is 3.26. The normalized spacial score (nSPS) is 10.5. The van der Waals surface area contributed by atoms with Crippen LogP contribution in [0.3, 0.4) is 0 Å². The maximum absolute atomic E-state index is 11.9. The van der Waals surface area contributed by atoms with Gasteiger partial charge in [0.15, 0.2) is 0 Å². The molecular formula is C15H12ClN3O4. The SMILES string of the molecule is COc1ccc(C(=O)N/N=C\c2cc([N+](=O)[O-])ccc2Cl)cc1. The molecule has 2 aromatic rings. The summed E-state index contributed by atoms with van der Waals surface area (Å²) in [5.74, 6) is 0.207. The number of non-ortho nitro benzene ring substituents is 1. The molecule has 0 fully saturated rings. The molecule has 1 amide bonds. The minimum atomic E-state index is -0.538. The quantitative estimate of drug-likeness (QED) is 0.517. The second kappa shape index (κ2) is 7.37. The van der Waals surface area contributed by atoms with E-state index in [4.69, 9.17) is 16.3 Å². The Morgan fingerprint density at radius 1 is 1.30 bits per heavy atom. The average molecular weight is 334 g/mol. The van der Waals surface area contributed by atoms with Crippen LogP contribution in [0.4, 0.5) is 5.69 Å². The van der Waals surface area contributed by atoms with Crippen LogP contribution in [0.2, 0.25) is 5.02 Å². The van der Waals surface area contributed by atoms with Crippen LogP contribution >= 0.6 is 11.6 Å². The topological polar surface area (TPSA) is 93.8 Å². The first kappa shape index (κ1) is 16.4. The molecule has 118 valence electrons. The lowest BCUT2D eigenvalue weighted by Gasteiger charge is -2.02. The fourth-order valence-corrected chi connectivity index (χ4v) is 1.88. The third kappa shape index (κ3) is 4.27. The number of hydrazone groups is 1. The average Bonchev–Trinajstić information content (AvgIpc) is 2.56. The van der Waals surface area contributed by atoms with Gasteiger partial charge in [-0.25, -0.2) is 5.43 Å². The van der Waals surface area contributed by atoms with Crippen molar-refractivity contribution < 1.29 is 14.5 Å². The van der Waals surface area contributed by atoms with Crippen LogP contribution in [-0.2, 0) is 0 Å². The number of amides is 1. The van der Waals surface area contributed by atoms with Gasteiger partial charge in [-0.3, -0.25) is 14.9 Å². The van der Waals surface area contributed by atoms with Crippen molar-refractivity contribution in [1.82, 2.24) is 5.43 Å². The van der Waals surface area contributed by atoms with Crippen LogP contribution in [0.1, 0.15) is 15.9 Å². The van der Waals surface area contributed by atoms with Crippen molar-refractivity contribution in [2.75, 3.05) is 7.11 Å². The fraction of sp³-hybridized carbons (Fsp3) is 0.0667. The molecule has 1 N–H and O–H groups in total. The molecule has 0 saturated carbocycles. The minimum Gasteiger partial charge on any atom is -0.497 e. The van der Waals surface area contributed by atoms with E-state index in [0.717, 1.165) is 0 Å². The van der Waals surface area contributed by atoms with Crippen molar-refractivity contribution in [3.05, 3.63) is 68.7 Å². The molecule has 0 unspecified atom stereocenters. The number of benzene rings is 2. The fourth-order valence-electron chi connectivity index (χ4n) is 1.71. The van der Waals surface area contributed by atoms with E-state index in [9.17, 15) is 14.9 Å². The van der Waals surface area contributed by atoms with Gasteiger partial charge in [-0.2, -0.15) is 5.10 Å². The molecule has 0 spiro atoms. The summed E-state index contributed by atoms with van der Waals surface area (Å²) in [6.45, 7) is 0. The van der Waals surface area contributed by atoms with Crippen LogP contribution in [0.5, 0.6) is 5.75 Å². The molecule has 8 heteroatoms. The molecule has 0 aliphatic rings. The number of halogens is 1. The molecule has 7 nitrogen and oxygen atoms in total. The molecule has 2 aromatic carbocycles. The Morgan fingerprint density at radius 2 is 2.00 bits per heavy atom. The van der Waals surface area contributed by atoms with E-state index in [0.29, 0.717) is 16.9 Å². The number of nitrogens with zero attached hydrogens (tertiary/aromatic N) is 2. The second-order valence-corrected chi connectivity index (χ2v) is 4.80. The first-order chi connectivity index (χ1) is 11.0. The highest BCUT2D eigenvalue weighted by Gasteiger charge is 2.08. The second-order valence-electron chi connectivity index (χ2n) is 4.39. The predicted molar refractivity (Wildman–Crippen MR) is 86.2 cm³/mol. The lowest BCUT2D eigenvalue weighted by atomic mass is 10.2. The van der Waals surface area contributed by atoms with Gasteiger partial charge < -0.3 is 4.74 Å². The zero-order chi connectivity index (χ0) is 16.8. The standard InChI is InChI=1S/C15H12ClN3O4/c1-23-13-5-2-10(3-6-13)15(20)18-17-9-11-8-12(19(21)22)4-7-14(11)16/h2-9H,1H3,(H,18,20)/b17-9-. The summed E-state index contributed by atoms with van der Waals surface area (Å²) in [7, 11) is 1.53. The number of hydrogen-bond acceptors (Lipinski definition) is 5. The molecule has 0 bridgehead atoms. The van der Waals surface area contributed by atoms with Gasteiger partial charge in [0, 0.05) is 28.3 Å². The highest BCUT2D eigenvalue weighted by molar-refractivity contribution is 6.33. The molecule has 0 saturated heterocycles. The molecular weight excluding hydrogens is 322 g/mol. The lowest BCUT2D eigenvalue weighted by Crippen LogP contribution is -2.17. The lowest BCUT2D eigenvalue weighted by molar-refractivity contribution is -0.384. The van der Waals surface area contributed by atoms with E-state index in [1.165, 1.54) is 31.5 Å². The Kier molecular flexibility index (Phi) is 5.27. The number of nitro benzene ring substituents is 1. The number of nitrogens with one attached hydrogen (secondary N) is 1. The largest absolute Gasteiger partial charge is 0.497 e. The zero-order valence-corrected chi connectivity index (χ0v) is 12.8. The number of nitro groups is 1. The van der Waals surface area contributed by atoms with Crippen LogP contribution in [0.15, 0.2) is 47.6 Å². The number of rotatable bonds is 5. The summed E-state index contributed by atoms with van der Waals surface area (Å²) < 4.78 is 5.00. The predicted octanol–water partition coefficient (Wildman–Crippen LogP) is 3.02. The zero-order valence-electron chi connectivity index (χ0n) is 12.0. The molecule has 0 radical (unpaired) electrons. The number of methoxy groups -OCH3 is 1. The number of ether oxygens (including phenoxy) is 1. The van der Waals surface area contributed by atoms with Crippen LogP contribution in [-0.4, -0.2) is 24.2 Å². The molecule has 23 heavy (non-hydrogen) atoms.